The van der Waals surface area contributed by atoms with Crippen molar-refractivity contribution in [2.24, 2.45) is 0 Å². The Hall–Kier alpha value is -1.59. The number of hydrogen-bond acceptors (Lipinski definition) is 3. The molecule has 0 bridgehead atoms. The summed E-state index contributed by atoms with van der Waals surface area (Å²) in [6.07, 6.45) is -0.0887. The molecular weight excluding hydrogens is 278 g/mol. The molecule has 20 heavy (non-hydrogen) atoms. The van der Waals surface area contributed by atoms with Crippen LogP contribution in [0.25, 0.3) is 5.65 Å². The van der Waals surface area contributed by atoms with Crippen LogP contribution in [0.2, 0.25) is 5.15 Å². The first kappa shape index (κ1) is 14.8. The third-order valence-electron chi connectivity index (χ3n) is 3.36. The fraction of sp³-hybridized carbons (Fsp3) is 0.429. The molecule has 0 amide bonds. The highest BCUT2D eigenvalue weighted by atomic mass is 35.5. The second-order valence-electron chi connectivity index (χ2n) is 4.58. The van der Waals surface area contributed by atoms with Crippen molar-refractivity contribution in [2.75, 3.05) is 13.1 Å². The number of fused-ring (bicyclic) bond motifs is 1. The van der Waals surface area contributed by atoms with Gasteiger partial charge in [0.2, 0.25) is 0 Å². The average molecular weight is 296 g/mol. The quantitative estimate of drug-likeness (QED) is 0.832. The van der Waals surface area contributed by atoms with Crippen LogP contribution < -0.4 is 0 Å². The molecule has 0 saturated carbocycles. The predicted molar refractivity (Wildman–Crippen MR) is 78.2 cm³/mol. The molecule has 0 saturated heterocycles. The van der Waals surface area contributed by atoms with E-state index in [9.17, 15) is 4.79 Å². The van der Waals surface area contributed by atoms with Gasteiger partial charge in [-0.25, -0.2) is 4.98 Å². The Bertz CT molecular complexity index is 620. The molecule has 0 aromatic carbocycles. The van der Waals surface area contributed by atoms with Crippen LogP contribution in [0.4, 0.5) is 0 Å². The smallest absolute Gasteiger partial charge is 0.309 e. The van der Waals surface area contributed by atoms with Gasteiger partial charge in [-0.1, -0.05) is 31.5 Å². The molecule has 0 atom stereocenters. The summed E-state index contributed by atoms with van der Waals surface area (Å²) in [4.78, 5) is 17.6. The van der Waals surface area contributed by atoms with Crippen molar-refractivity contribution in [1.29, 1.82) is 0 Å². The molecule has 2 rings (SSSR count). The molecule has 2 heterocycles. The van der Waals surface area contributed by atoms with E-state index in [1.54, 1.807) is 6.07 Å². The molecular formula is C14H18ClN3O2. The number of aromatic nitrogens is 2. The minimum Gasteiger partial charge on any atom is -0.481 e. The van der Waals surface area contributed by atoms with Crippen LogP contribution in [-0.2, 0) is 17.8 Å². The minimum absolute atomic E-state index is 0.0887. The minimum atomic E-state index is -0.884. The lowest BCUT2D eigenvalue weighted by Crippen LogP contribution is -2.24. The van der Waals surface area contributed by atoms with E-state index in [1.807, 2.05) is 16.5 Å². The van der Waals surface area contributed by atoms with E-state index < -0.39 is 5.97 Å². The third kappa shape index (κ3) is 2.94. The summed E-state index contributed by atoms with van der Waals surface area (Å²) >= 11 is 6.24. The molecule has 5 nitrogen and oxygen atoms in total. The SMILES string of the molecule is CCN(CC)Cc1c(CC(=O)O)nc2cccc(Cl)n12. The van der Waals surface area contributed by atoms with Crippen LogP contribution >= 0.6 is 11.6 Å². The normalized spacial score (nSPS) is 11.4. The first-order chi connectivity index (χ1) is 9.56. The van der Waals surface area contributed by atoms with Crippen LogP contribution in [0.5, 0.6) is 0 Å². The molecule has 0 aliphatic rings. The Morgan fingerprint density at radius 2 is 2.10 bits per heavy atom. The number of hydrogen-bond donors (Lipinski definition) is 1. The van der Waals surface area contributed by atoms with E-state index in [-0.39, 0.29) is 6.42 Å². The molecule has 108 valence electrons. The van der Waals surface area contributed by atoms with Crippen LogP contribution in [0, 0.1) is 0 Å². The number of carbonyl (C=O) groups is 1. The maximum atomic E-state index is 11.0. The summed E-state index contributed by atoms with van der Waals surface area (Å²) in [6, 6.07) is 5.44. The average Bonchev–Trinajstić information content (AvgIpc) is 2.74. The Kier molecular flexibility index (Phi) is 4.62. The van der Waals surface area contributed by atoms with Crippen molar-refractivity contribution in [3.05, 3.63) is 34.7 Å². The maximum Gasteiger partial charge on any atom is 0.309 e. The van der Waals surface area contributed by atoms with Crippen molar-refractivity contribution >= 4 is 23.2 Å². The lowest BCUT2D eigenvalue weighted by Gasteiger charge is -2.18. The molecule has 0 unspecified atom stereocenters. The van der Waals surface area contributed by atoms with Crippen LogP contribution in [0.1, 0.15) is 25.2 Å². The van der Waals surface area contributed by atoms with Gasteiger partial charge in [-0.05, 0) is 25.2 Å². The Morgan fingerprint density at radius 3 is 2.70 bits per heavy atom. The van der Waals surface area contributed by atoms with E-state index in [0.717, 1.165) is 18.8 Å². The van der Waals surface area contributed by atoms with E-state index in [2.05, 4.69) is 23.7 Å². The zero-order valence-electron chi connectivity index (χ0n) is 11.6. The number of halogens is 1. The van der Waals surface area contributed by atoms with Gasteiger partial charge in [-0.15, -0.1) is 0 Å². The third-order valence-corrected chi connectivity index (χ3v) is 3.66. The van der Waals surface area contributed by atoms with Crippen molar-refractivity contribution in [2.45, 2.75) is 26.8 Å². The van der Waals surface area contributed by atoms with Gasteiger partial charge in [0, 0.05) is 6.54 Å². The lowest BCUT2D eigenvalue weighted by molar-refractivity contribution is -0.136. The van der Waals surface area contributed by atoms with Crippen LogP contribution in [0.15, 0.2) is 18.2 Å². The molecule has 1 N–H and O–H groups in total. The van der Waals surface area contributed by atoms with Crippen molar-refractivity contribution < 1.29 is 9.90 Å². The zero-order chi connectivity index (χ0) is 14.7. The first-order valence-corrected chi connectivity index (χ1v) is 7.03. The predicted octanol–water partition coefficient (Wildman–Crippen LogP) is 2.46. The number of aliphatic carboxylic acids is 1. The largest absolute Gasteiger partial charge is 0.481 e. The Morgan fingerprint density at radius 1 is 1.40 bits per heavy atom. The molecule has 2 aromatic heterocycles. The van der Waals surface area contributed by atoms with Gasteiger partial charge >= 0.3 is 5.97 Å². The maximum absolute atomic E-state index is 11.0. The highest BCUT2D eigenvalue weighted by Gasteiger charge is 2.18. The number of rotatable bonds is 6. The van der Waals surface area contributed by atoms with Gasteiger partial charge in [0.25, 0.3) is 0 Å². The van der Waals surface area contributed by atoms with E-state index in [0.29, 0.717) is 23.0 Å². The first-order valence-electron chi connectivity index (χ1n) is 6.65. The van der Waals surface area contributed by atoms with Gasteiger partial charge in [-0.3, -0.25) is 14.1 Å². The van der Waals surface area contributed by atoms with Crippen molar-refractivity contribution in [1.82, 2.24) is 14.3 Å². The van der Waals surface area contributed by atoms with E-state index in [1.165, 1.54) is 0 Å². The van der Waals surface area contributed by atoms with Gasteiger partial charge in [0.15, 0.2) is 0 Å². The summed E-state index contributed by atoms with van der Waals surface area (Å²) in [5.41, 5.74) is 2.13. The highest BCUT2D eigenvalue weighted by molar-refractivity contribution is 6.29. The zero-order valence-corrected chi connectivity index (χ0v) is 12.4. The molecule has 0 aliphatic heterocycles. The Balaban J connectivity index is 2.53. The van der Waals surface area contributed by atoms with Gasteiger partial charge in [0.05, 0.1) is 17.8 Å². The molecule has 0 spiro atoms. The fourth-order valence-corrected chi connectivity index (χ4v) is 2.53. The molecule has 0 aliphatic carbocycles. The number of carboxylic acids is 1. The highest BCUT2D eigenvalue weighted by Crippen LogP contribution is 2.21. The number of imidazole rings is 1. The van der Waals surface area contributed by atoms with Crippen molar-refractivity contribution in [3.63, 3.8) is 0 Å². The van der Waals surface area contributed by atoms with E-state index >= 15 is 0 Å². The number of pyridine rings is 1. The molecule has 2 aromatic rings. The second kappa shape index (κ2) is 6.24. The van der Waals surface area contributed by atoms with E-state index in [4.69, 9.17) is 16.7 Å². The monoisotopic (exact) mass is 295 g/mol. The second-order valence-corrected chi connectivity index (χ2v) is 4.97. The topological polar surface area (TPSA) is 57.8 Å². The lowest BCUT2D eigenvalue weighted by atomic mass is 10.2. The molecule has 0 radical (unpaired) electrons. The summed E-state index contributed by atoms with van der Waals surface area (Å²) < 4.78 is 1.83. The summed E-state index contributed by atoms with van der Waals surface area (Å²) in [6.45, 7) is 6.57. The van der Waals surface area contributed by atoms with Gasteiger partial charge in [0.1, 0.15) is 10.8 Å². The van der Waals surface area contributed by atoms with Crippen molar-refractivity contribution in [3.8, 4) is 0 Å². The number of nitrogens with zero attached hydrogens (tertiary/aromatic N) is 3. The molecule has 6 heteroatoms. The fourth-order valence-electron chi connectivity index (χ4n) is 2.26. The van der Waals surface area contributed by atoms with Gasteiger partial charge < -0.3 is 5.11 Å². The standard InChI is InChI=1S/C14H18ClN3O2/c1-3-17(4-2)9-11-10(8-14(19)20)16-13-7-5-6-12(15)18(11)13/h5-7H,3-4,8-9H2,1-2H3,(H,19,20). The summed E-state index contributed by atoms with van der Waals surface area (Å²) in [5.74, 6) is -0.884. The van der Waals surface area contributed by atoms with Crippen LogP contribution in [-0.4, -0.2) is 38.4 Å². The number of carboxylic acid groups (broad SMARTS) is 1. The molecule has 0 fully saturated rings. The Labute approximate surface area is 122 Å². The summed E-state index contributed by atoms with van der Waals surface area (Å²) in [7, 11) is 0. The van der Waals surface area contributed by atoms with Gasteiger partial charge in [-0.2, -0.15) is 0 Å². The van der Waals surface area contributed by atoms with Crippen LogP contribution in [0.3, 0.4) is 0 Å². The summed E-state index contributed by atoms with van der Waals surface area (Å²) in [5, 5.41) is 9.59.